The van der Waals surface area contributed by atoms with E-state index in [2.05, 4.69) is 6.92 Å². The van der Waals surface area contributed by atoms with Crippen LogP contribution in [0.4, 0.5) is 0 Å². The number of hydrogen-bond donors (Lipinski definition) is 1. The summed E-state index contributed by atoms with van der Waals surface area (Å²) in [5, 5.41) is 10.3. The van der Waals surface area contributed by atoms with E-state index >= 15 is 0 Å². The lowest BCUT2D eigenvalue weighted by molar-refractivity contribution is 0.130. The molecule has 66 valence electrons. The molecule has 0 radical (unpaired) electrons. The maximum atomic E-state index is 9.99. The molecule has 2 unspecified atom stereocenters. The first-order chi connectivity index (χ1) is 5.68. The summed E-state index contributed by atoms with van der Waals surface area (Å²) in [6.45, 7) is 2.07. The van der Waals surface area contributed by atoms with Crippen molar-refractivity contribution in [1.82, 2.24) is 0 Å². The Hall–Kier alpha value is -0.470. The fraction of sp³-hybridized carbons (Fsp3) is 0.556. The summed E-state index contributed by atoms with van der Waals surface area (Å²) in [6, 6.07) is 1.75. The lowest BCUT2D eigenvalue weighted by Gasteiger charge is -2.06. The van der Waals surface area contributed by atoms with Gasteiger partial charge < -0.3 is 9.52 Å². The summed E-state index contributed by atoms with van der Waals surface area (Å²) in [6.07, 6.45) is 3.31. The molecule has 0 bridgehead atoms. The summed E-state index contributed by atoms with van der Waals surface area (Å²) >= 11 is 5.76. The van der Waals surface area contributed by atoms with E-state index in [-0.39, 0.29) is 0 Å². The molecule has 1 fully saturated rings. The van der Waals surface area contributed by atoms with Gasteiger partial charge in [-0.25, -0.2) is 0 Å². The molecule has 2 rings (SSSR count). The van der Waals surface area contributed by atoms with Crippen molar-refractivity contribution in [3.63, 3.8) is 0 Å². The van der Waals surface area contributed by atoms with E-state index in [1.165, 1.54) is 6.26 Å². The zero-order chi connectivity index (χ0) is 8.77. The molecular weight excluding hydrogens is 176 g/mol. The minimum atomic E-state index is -0.696. The quantitative estimate of drug-likeness (QED) is 0.770. The van der Waals surface area contributed by atoms with Crippen molar-refractivity contribution in [3.8, 4) is 0 Å². The van der Waals surface area contributed by atoms with Crippen LogP contribution in [0.25, 0.3) is 0 Å². The average molecular weight is 187 g/mol. The molecule has 1 aromatic heterocycles. The summed E-state index contributed by atoms with van der Waals surface area (Å²) < 4.78 is 4.93. The molecule has 2 atom stereocenters. The van der Waals surface area contributed by atoms with Gasteiger partial charge in [0.25, 0.3) is 0 Å². The standard InChI is InChI=1S/C9H11ClO2/c1-2-6-5-9(6,11)7-3-4-12-8(7)10/h3-4,6,11H,2,5H2,1H3. The van der Waals surface area contributed by atoms with Crippen LogP contribution in [0.2, 0.25) is 5.22 Å². The number of hydrogen-bond acceptors (Lipinski definition) is 2. The Morgan fingerprint density at radius 3 is 3.00 bits per heavy atom. The molecule has 3 heteroatoms. The fourth-order valence-electron chi connectivity index (χ4n) is 1.73. The predicted octanol–water partition coefficient (Wildman–Crippen LogP) is 2.55. The maximum absolute atomic E-state index is 9.99. The summed E-state index contributed by atoms with van der Waals surface area (Å²) in [4.78, 5) is 0. The van der Waals surface area contributed by atoms with E-state index in [0.717, 1.165) is 18.4 Å². The van der Waals surface area contributed by atoms with Gasteiger partial charge in [-0.3, -0.25) is 0 Å². The maximum Gasteiger partial charge on any atom is 0.199 e. The molecule has 0 aromatic carbocycles. The molecule has 0 spiro atoms. The van der Waals surface area contributed by atoms with E-state index in [1.54, 1.807) is 6.07 Å². The van der Waals surface area contributed by atoms with Gasteiger partial charge in [0.1, 0.15) is 0 Å². The number of aliphatic hydroxyl groups is 1. The Bertz CT molecular complexity index is 294. The van der Waals surface area contributed by atoms with Crippen molar-refractivity contribution in [2.24, 2.45) is 5.92 Å². The Morgan fingerprint density at radius 2 is 2.58 bits per heavy atom. The topological polar surface area (TPSA) is 33.4 Å². The van der Waals surface area contributed by atoms with Crippen molar-refractivity contribution in [1.29, 1.82) is 0 Å². The minimum absolute atomic E-state index is 0.327. The molecule has 1 saturated carbocycles. The van der Waals surface area contributed by atoms with Crippen LogP contribution in [0.1, 0.15) is 25.3 Å². The molecule has 0 amide bonds. The van der Waals surface area contributed by atoms with Crippen LogP contribution in [0.5, 0.6) is 0 Å². The SMILES string of the molecule is CCC1CC1(O)c1ccoc1Cl. The van der Waals surface area contributed by atoms with Gasteiger partial charge in [-0.2, -0.15) is 0 Å². The van der Waals surface area contributed by atoms with Crippen LogP contribution < -0.4 is 0 Å². The Morgan fingerprint density at radius 1 is 1.83 bits per heavy atom. The molecule has 12 heavy (non-hydrogen) atoms. The number of rotatable bonds is 2. The number of halogens is 1. The van der Waals surface area contributed by atoms with Crippen LogP contribution in [0, 0.1) is 5.92 Å². The van der Waals surface area contributed by atoms with Crippen LogP contribution in [-0.2, 0) is 5.60 Å². The predicted molar refractivity (Wildman–Crippen MR) is 46.0 cm³/mol. The van der Waals surface area contributed by atoms with Gasteiger partial charge >= 0.3 is 0 Å². The monoisotopic (exact) mass is 186 g/mol. The molecular formula is C9H11ClO2. The van der Waals surface area contributed by atoms with Gasteiger partial charge in [0, 0.05) is 5.56 Å². The fourth-order valence-corrected chi connectivity index (χ4v) is 2.01. The third-order valence-electron chi connectivity index (χ3n) is 2.65. The normalized spacial score (nSPS) is 33.8. The van der Waals surface area contributed by atoms with E-state index in [9.17, 15) is 5.11 Å². The lowest BCUT2D eigenvalue weighted by atomic mass is 10.1. The van der Waals surface area contributed by atoms with E-state index in [4.69, 9.17) is 16.0 Å². The molecule has 1 heterocycles. The minimum Gasteiger partial charge on any atom is -0.453 e. The van der Waals surface area contributed by atoms with Gasteiger partial charge in [0.15, 0.2) is 5.22 Å². The Labute approximate surface area is 76.1 Å². The third-order valence-corrected chi connectivity index (χ3v) is 2.94. The highest BCUT2D eigenvalue weighted by atomic mass is 35.5. The van der Waals surface area contributed by atoms with Crippen molar-refractivity contribution >= 4 is 11.6 Å². The second kappa shape index (κ2) is 2.51. The van der Waals surface area contributed by atoms with Crippen molar-refractivity contribution in [2.75, 3.05) is 0 Å². The summed E-state index contributed by atoms with van der Waals surface area (Å²) in [5.41, 5.74) is 0.0507. The summed E-state index contributed by atoms with van der Waals surface area (Å²) in [5.74, 6) is 0.354. The second-order valence-electron chi connectivity index (χ2n) is 3.34. The molecule has 1 aliphatic rings. The Kier molecular flexibility index (Phi) is 1.70. The van der Waals surface area contributed by atoms with Crippen molar-refractivity contribution in [3.05, 3.63) is 23.1 Å². The smallest absolute Gasteiger partial charge is 0.199 e. The first kappa shape index (κ1) is 8.14. The van der Waals surface area contributed by atoms with Crippen LogP contribution in [-0.4, -0.2) is 5.11 Å². The van der Waals surface area contributed by atoms with Crippen molar-refractivity contribution < 1.29 is 9.52 Å². The van der Waals surface area contributed by atoms with E-state index in [0.29, 0.717) is 11.1 Å². The van der Waals surface area contributed by atoms with Gasteiger partial charge in [-0.05, 0) is 30.0 Å². The van der Waals surface area contributed by atoms with Crippen LogP contribution in [0.15, 0.2) is 16.7 Å². The Balaban J connectivity index is 2.27. The van der Waals surface area contributed by atoms with Crippen LogP contribution >= 0.6 is 11.6 Å². The van der Waals surface area contributed by atoms with Gasteiger partial charge in [-0.1, -0.05) is 13.3 Å². The molecule has 0 saturated heterocycles. The molecule has 0 aliphatic heterocycles. The van der Waals surface area contributed by atoms with E-state index in [1.807, 2.05) is 0 Å². The first-order valence-electron chi connectivity index (χ1n) is 4.14. The summed E-state index contributed by atoms with van der Waals surface area (Å²) in [7, 11) is 0. The van der Waals surface area contributed by atoms with Gasteiger partial charge in [0.05, 0.1) is 11.9 Å². The second-order valence-corrected chi connectivity index (χ2v) is 3.68. The average Bonchev–Trinajstić information content (AvgIpc) is 2.50. The highest BCUT2D eigenvalue weighted by molar-refractivity contribution is 6.29. The highest BCUT2D eigenvalue weighted by Crippen LogP contribution is 2.55. The van der Waals surface area contributed by atoms with Crippen molar-refractivity contribution in [2.45, 2.75) is 25.4 Å². The van der Waals surface area contributed by atoms with E-state index < -0.39 is 5.60 Å². The zero-order valence-electron chi connectivity index (χ0n) is 6.88. The molecule has 1 N–H and O–H groups in total. The van der Waals surface area contributed by atoms with Gasteiger partial charge in [-0.15, -0.1) is 0 Å². The molecule has 1 aromatic rings. The van der Waals surface area contributed by atoms with Crippen LogP contribution in [0.3, 0.4) is 0 Å². The highest BCUT2D eigenvalue weighted by Gasteiger charge is 2.54. The van der Waals surface area contributed by atoms with Gasteiger partial charge in [0.2, 0.25) is 0 Å². The third kappa shape index (κ3) is 0.985. The largest absolute Gasteiger partial charge is 0.453 e. The molecule has 2 nitrogen and oxygen atoms in total. The zero-order valence-corrected chi connectivity index (χ0v) is 7.64. The first-order valence-corrected chi connectivity index (χ1v) is 4.52. The number of furan rings is 1. The lowest BCUT2D eigenvalue weighted by Crippen LogP contribution is -2.07. The molecule has 1 aliphatic carbocycles.